The van der Waals surface area contributed by atoms with Crippen molar-refractivity contribution in [1.82, 2.24) is 35.0 Å². The smallest absolute Gasteiger partial charge is 0.342 e. The highest BCUT2D eigenvalue weighted by Crippen LogP contribution is 2.36. The van der Waals surface area contributed by atoms with Gasteiger partial charge in [-0.05, 0) is 43.3 Å². The molecule has 0 spiro atoms. The highest BCUT2D eigenvalue weighted by Gasteiger charge is 2.37. The molecule has 194 valence electrons. The highest BCUT2D eigenvalue weighted by atomic mass is 19.4. The van der Waals surface area contributed by atoms with E-state index in [0.717, 1.165) is 0 Å². The average molecular weight is 532 g/mol. The van der Waals surface area contributed by atoms with Crippen LogP contribution in [0.2, 0.25) is 0 Å². The molecule has 4 aromatic rings. The zero-order valence-electron chi connectivity index (χ0n) is 19.1. The van der Waals surface area contributed by atoms with Crippen LogP contribution in [0.1, 0.15) is 45.8 Å². The van der Waals surface area contributed by atoms with Gasteiger partial charge < -0.3 is 5.32 Å². The summed E-state index contributed by atoms with van der Waals surface area (Å²) in [5.41, 5.74) is -3.82. The van der Waals surface area contributed by atoms with Crippen LogP contribution in [0, 0.1) is 11.3 Å². The summed E-state index contributed by atoms with van der Waals surface area (Å²) in [6.45, 7) is 1.39. The number of carbonyl (C=O) groups excluding carboxylic acids is 1. The Bertz CT molecular complexity index is 1480. The topological polar surface area (TPSA) is 122 Å². The van der Waals surface area contributed by atoms with Gasteiger partial charge in [-0.15, -0.1) is 5.10 Å². The van der Waals surface area contributed by atoms with E-state index < -0.39 is 41.0 Å². The van der Waals surface area contributed by atoms with Crippen molar-refractivity contribution in [2.24, 2.45) is 0 Å². The first-order valence-electron chi connectivity index (χ1n) is 10.6. The van der Waals surface area contributed by atoms with Gasteiger partial charge in [0.05, 0.1) is 22.7 Å². The molecule has 1 atom stereocenters. The van der Waals surface area contributed by atoms with Gasteiger partial charge >= 0.3 is 12.4 Å². The van der Waals surface area contributed by atoms with Crippen molar-refractivity contribution in [1.29, 1.82) is 5.26 Å². The van der Waals surface area contributed by atoms with Gasteiger partial charge in [-0.1, -0.05) is 0 Å². The lowest BCUT2D eigenvalue weighted by Gasteiger charge is -2.15. The molecular weight excluding hydrogens is 518 g/mol. The first kappa shape index (κ1) is 26.2. The van der Waals surface area contributed by atoms with Crippen molar-refractivity contribution in [2.75, 3.05) is 0 Å². The fraction of sp³-hybridized carbons (Fsp3) is 0.174. The largest absolute Gasteiger partial charge is 0.416 e. The molecule has 0 fully saturated rings. The van der Waals surface area contributed by atoms with Gasteiger partial charge in [-0.25, -0.2) is 19.9 Å². The van der Waals surface area contributed by atoms with Crippen LogP contribution in [0.25, 0.3) is 17.5 Å². The summed E-state index contributed by atoms with van der Waals surface area (Å²) in [4.78, 5) is 29.4. The molecule has 0 radical (unpaired) electrons. The molecule has 4 rings (SSSR count). The van der Waals surface area contributed by atoms with Crippen LogP contribution < -0.4 is 5.32 Å². The minimum absolute atomic E-state index is 0.0602. The van der Waals surface area contributed by atoms with E-state index in [-0.39, 0.29) is 34.9 Å². The second-order valence-corrected chi connectivity index (χ2v) is 7.78. The Morgan fingerprint density at radius 2 is 1.63 bits per heavy atom. The van der Waals surface area contributed by atoms with Gasteiger partial charge in [0, 0.05) is 24.2 Å². The summed E-state index contributed by atoms with van der Waals surface area (Å²) in [7, 11) is 0. The number of hydrogen-bond acceptors (Lipinski definition) is 7. The third-order valence-corrected chi connectivity index (χ3v) is 5.07. The lowest BCUT2D eigenvalue weighted by atomic mass is 10.0. The molecule has 15 heteroatoms. The van der Waals surface area contributed by atoms with Crippen molar-refractivity contribution in [3.63, 3.8) is 0 Å². The maximum atomic E-state index is 13.2. The van der Waals surface area contributed by atoms with Crippen molar-refractivity contribution in [3.05, 3.63) is 83.1 Å². The van der Waals surface area contributed by atoms with E-state index in [0.29, 0.717) is 12.1 Å². The second kappa shape index (κ2) is 9.88. The number of nitrogens with zero attached hydrogens (tertiary/aromatic N) is 7. The molecule has 0 saturated heterocycles. The summed E-state index contributed by atoms with van der Waals surface area (Å²) in [5.74, 6) is -0.869. The molecule has 0 saturated carbocycles. The molecule has 1 aromatic carbocycles. The lowest BCUT2D eigenvalue weighted by Crippen LogP contribution is -2.28. The third kappa shape index (κ3) is 5.59. The number of alkyl halides is 6. The van der Waals surface area contributed by atoms with Gasteiger partial charge in [0.25, 0.3) is 5.91 Å². The number of hydrogen-bond donors (Lipinski definition) is 1. The quantitative estimate of drug-likeness (QED) is 0.375. The van der Waals surface area contributed by atoms with E-state index in [1.165, 1.54) is 42.3 Å². The van der Waals surface area contributed by atoms with Crippen molar-refractivity contribution in [2.45, 2.75) is 25.3 Å². The average Bonchev–Trinajstić information content (AvgIpc) is 3.34. The van der Waals surface area contributed by atoms with Gasteiger partial charge in [-0.2, -0.15) is 36.3 Å². The number of carbonyl (C=O) groups is 1. The molecule has 0 aliphatic heterocycles. The molecule has 0 bridgehead atoms. The molecule has 3 aromatic heterocycles. The Labute approximate surface area is 209 Å². The molecular formula is C23H14F6N8O. The van der Waals surface area contributed by atoms with E-state index in [1.54, 1.807) is 6.07 Å². The van der Waals surface area contributed by atoms with Crippen LogP contribution in [-0.4, -0.2) is 35.6 Å². The Kier molecular flexibility index (Phi) is 6.81. The summed E-state index contributed by atoms with van der Waals surface area (Å²) < 4.78 is 80.3. The first-order chi connectivity index (χ1) is 17.9. The van der Waals surface area contributed by atoms with E-state index >= 15 is 0 Å². The van der Waals surface area contributed by atoms with E-state index in [4.69, 9.17) is 5.26 Å². The number of nitriles is 1. The van der Waals surface area contributed by atoms with Gasteiger partial charge in [0.15, 0.2) is 17.5 Å². The molecule has 1 unspecified atom stereocenters. The third-order valence-electron chi connectivity index (χ3n) is 5.07. The number of pyridine rings is 1. The van der Waals surface area contributed by atoms with Crippen LogP contribution in [0.3, 0.4) is 0 Å². The molecule has 0 aliphatic carbocycles. The van der Waals surface area contributed by atoms with E-state index in [1.807, 2.05) is 6.07 Å². The fourth-order valence-corrected chi connectivity index (χ4v) is 3.24. The predicted molar refractivity (Wildman–Crippen MR) is 117 cm³/mol. The van der Waals surface area contributed by atoms with Crippen LogP contribution >= 0.6 is 0 Å². The molecule has 0 aliphatic rings. The monoisotopic (exact) mass is 532 g/mol. The second-order valence-electron chi connectivity index (χ2n) is 7.78. The minimum atomic E-state index is -5.11. The molecule has 3 heterocycles. The normalized spacial score (nSPS) is 12.6. The van der Waals surface area contributed by atoms with Crippen LogP contribution in [0.15, 0.2) is 55.0 Å². The summed E-state index contributed by atoms with van der Waals surface area (Å²) >= 11 is 0. The zero-order valence-corrected chi connectivity index (χ0v) is 19.1. The summed E-state index contributed by atoms with van der Waals surface area (Å²) in [5, 5.41) is 15.6. The number of amides is 1. The van der Waals surface area contributed by atoms with Crippen LogP contribution in [-0.2, 0) is 12.4 Å². The van der Waals surface area contributed by atoms with Crippen molar-refractivity contribution < 1.29 is 31.1 Å². The lowest BCUT2D eigenvalue weighted by molar-refractivity contribution is -0.143. The maximum Gasteiger partial charge on any atom is 0.416 e. The van der Waals surface area contributed by atoms with Crippen molar-refractivity contribution in [3.8, 4) is 23.5 Å². The molecule has 1 N–H and O–H groups in total. The summed E-state index contributed by atoms with van der Waals surface area (Å²) in [6, 6.07) is 5.92. The molecule has 1 amide bonds. The SMILES string of the molecule is CC(NC(=O)c1cc(C(F)(F)F)cc(C(F)(F)F)c1)c1nc(-c2ncccn2)n(-c2ccc(C#N)cn2)n1. The Morgan fingerprint density at radius 3 is 2.16 bits per heavy atom. The van der Waals surface area contributed by atoms with Gasteiger partial charge in [0.1, 0.15) is 6.07 Å². The summed E-state index contributed by atoms with van der Waals surface area (Å²) in [6.07, 6.45) is -6.07. The Hall–Kier alpha value is -4.87. The number of rotatable bonds is 5. The van der Waals surface area contributed by atoms with E-state index in [9.17, 15) is 31.1 Å². The molecule has 9 nitrogen and oxygen atoms in total. The highest BCUT2D eigenvalue weighted by molar-refractivity contribution is 5.94. The van der Waals surface area contributed by atoms with Crippen LogP contribution in [0.5, 0.6) is 0 Å². The van der Waals surface area contributed by atoms with Gasteiger partial charge in [-0.3, -0.25) is 4.79 Å². The Morgan fingerprint density at radius 1 is 1.00 bits per heavy atom. The first-order valence-corrected chi connectivity index (χ1v) is 10.6. The molecule has 38 heavy (non-hydrogen) atoms. The number of benzene rings is 1. The minimum Gasteiger partial charge on any atom is -0.342 e. The van der Waals surface area contributed by atoms with Crippen molar-refractivity contribution >= 4 is 5.91 Å². The Balaban J connectivity index is 1.69. The fourth-order valence-electron chi connectivity index (χ4n) is 3.24. The zero-order chi connectivity index (χ0) is 27.7. The number of aromatic nitrogens is 6. The predicted octanol–water partition coefficient (Wildman–Crippen LogP) is 4.52. The van der Waals surface area contributed by atoms with Gasteiger partial charge in [0.2, 0.25) is 5.82 Å². The van der Waals surface area contributed by atoms with E-state index in [2.05, 4.69) is 30.4 Å². The number of halogens is 6. The maximum absolute atomic E-state index is 13.2. The van der Waals surface area contributed by atoms with Crippen LogP contribution in [0.4, 0.5) is 26.3 Å². The standard InChI is InChI=1S/C23H14F6N8O/c1-12(34-21(38)14-7-15(22(24,25)26)9-16(8-14)23(27,28)29)18-35-20(19-31-5-2-6-32-19)37(36-18)17-4-3-13(10-30)11-33-17/h2-9,11-12H,1H3,(H,34,38). The number of nitrogens with one attached hydrogen (secondary N) is 1.